The molecule has 0 fully saturated rings. The molecule has 0 aliphatic heterocycles. The zero-order valence-corrected chi connectivity index (χ0v) is 23.9. The smallest absolute Gasteiger partial charge is 0.305 e. The standard InChI is InChI=1S/C30H53NO6/c1-5-6-7-8-9-10-11-12-13-14-15-16-17-18-19-20-21-22-29(33)37-26-27(32)25-36-24-23-28(30(34)35)31(2,3)4/h12-13,15-16,18-19,27-28,32H,5-11,14,17,20-26H2,1-4H3/b13-12+,16-15+,19-18+. The number of aliphatic hydroxyl groups excluding tert-OH is 1. The number of carbonyl (C=O) groups excluding carboxylic acids is 2. The average molecular weight is 524 g/mol. The maximum atomic E-state index is 11.8. The van der Waals surface area contributed by atoms with Gasteiger partial charge < -0.3 is 29.0 Å². The van der Waals surface area contributed by atoms with Crippen molar-refractivity contribution in [1.29, 1.82) is 0 Å². The van der Waals surface area contributed by atoms with Crippen LogP contribution in [0.3, 0.4) is 0 Å². The minimum Gasteiger partial charge on any atom is -0.544 e. The second-order valence-electron chi connectivity index (χ2n) is 10.5. The van der Waals surface area contributed by atoms with Crippen LogP contribution in [0.1, 0.15) is 90.4 Å². The van der Waals surface area contributed by atoms with Crippen LogP contribution in [-0.4, -0.2) is 74.6 Å². The van der Waals surface area contributed by atoms with Crippen molar-refractivity contribution >= 4 is 11.9 Å². The molecular formula is C30H53NO6. The van der Waals surface area contributed by atoms with E-state index >= 15 is 0 Å². The van der Waals surface area contributed by atoms with Crippen molar-refractivity contribution in [1.82, 2.24) is 0 Å². The van der Waals surface area contributed by atoms with Crippen LogP contribution in [0.4, 0.5) is 0 Å². The van der Waals surface area contributed by atoms with Crippen LogP contribution in [0.2, 0.25) is 0 Å². The van der Waals surface area contributed by atoms with Crippen LogP contribution in [0.5, 0.6) is 0 Å². The molecule has 0 aliphatic carbocycles. The SMILES string of the molecule is CCCCCCCC/C=C/C/C=C/C/C=C/CCCC(=O)OCC(O)COCCC(C(=O)[O-])[N+](C)(C)C. The van der Waals surface area contributed by atoms with Gasteiger partial charge in [0.25, 0.3) is 0 Å². The number of carboxylic acids is 1. The van der Waals surface area contributed by atoms with Gasteiger partial charge in [-0.2, -0.15) is 0 Å². The highest BCUT2D eigenvalue weighted by Gasteiger charge is 2.24. The van der Waals surface area contributed by atoms with Crippen LogP contribution in [0, 0.1) is 0 Å². The van der Waals surface area contributed by atoms with Crippen molar-refractivity contribution in [3.8, 4) is 0 Å². The number of aliphatic carboxylic acids is 1. The van der Waals surface area contributed by atoms with Crippen molar-refractivity contribution in [2.24, 2.45) is 0 Å². The zero-order chi connectivity index (χ0) is 27.8. The van der Waals surface area contributed by atoms with Crippen molar-refractivity contribution in [3.63, 3.8) is 0 Å². The minimum atomic E-state index is -1.13. The van der Waals surface area contributed by atoms with Gasteiger partial charge in [-0.25, -0.2) is 0 Å². The normalized spacial score (nSPS) is 14.1. The molecule has 7 heteroatoms. The van der Waals surface area contributed by atoms with Crippen LogP contribution in [0.25, 0.3) is 0 Å². The molecule has 0 rings (SSSR count). The number of ether oxygens (including phenoxy) is 2. The summed E-state index contributed by atoms with van der Waals surface area (Å²) in [6, 6.07) is -0.693. The van der Waals surface area contributed by atoms with E-state index in [0.717, 1.165) is 19.3 Å². The molecule has 0 bridgehead atoms. The third kappa shape index (κ3) is 22.9. The van der Waals surface area contributed by atoms with E-state index in [1.165, 1.54) is 44.9 Å². The summed E-state index contributed by atoms with van der Waals surface area (Å²) in [6.45, 7) is 2.27. The molecule has 0 aliphatic rings. The maximum Gasteiger partial charge on any atom is 0.305 e. The lowest BCUT2D eigenvalue weighted by molar-refractivity contribution is -0.889. The van der Waals surface area contributed by atoms with Gasteiger partial charge in [-0.3, -0.25) is 4.79 Å². The molecule has 0 aromatic rings. The second-order valence-corrected chi connectivity index (χ2v) is 10.5. The molecule has 0 aromatic carbocycles. The quantitative estimate of drug-likeness (QED) is 0.0867. The monoisotopic (exact) mass is 523 g/mol. The molecule has 0 spiro atoms. The van der Waals surface area contributed by atoms with Crippen LogP contribution in [-0.2, 0) is 19.1 Å². The Labute approximate surface area is 225 Å². The fourth-order valence-electron chi connectivity index (χ4n) is 3.73. The predicted molar refractivity (Wildman–Crippen MR) is 148 cm³/mol. The van der Waals surface area contributed by atoms with Gasteiger partial charge in [0.15, 0.2) is 0 Å². The number of unbranched alkanes of at least 4 members (excludes halogenated alkanes) is 7. The number of rotatable bonds is 24. The zero-order valence-electron chi connectivity index (χ0n) is 23.9. The number of quaternary nitrogens is 1. The van der Waals surface area contributed by atoms with Crippen molar-refractivity contribution < 1.29 is 33.8 Å². The average Bonchev–Trinajstić information content (AvgIpc) is 2.83. The van der Waals surface area contributed by atoms with E-state index in [0.29, 0.717) is 12.8 Å². The number of likely N-dealkylation sites (N-methyl/N-ethyl adjacent to an activating group) is 1. The molecule has 214 valence electrons. The Morgan fingerprint density at radius 3 is 2.00 bits per heavy atom. The Kier molecular flexibility index (Phi) is 22.0. The molecule has 0 saturated carbocycles. The molecule has 2 unspecified atom stereocenters. The Bertz CT molecular complexity index is 665. The van der Waals surface area contributed by atoms with Gasteiger partial charge in [0, 0.05) is 12.8 Å². The Hall–Kier alpha value is -1.96. The summed E-state index contributed by atoms with van der Waals surface area (Å²) in [4.78, 5) is 23.0. The van der Waals surface area contributed by atoms with E-state index in [1.807, 2.05) is 0 Å². The highest BCUT2D eigenvalue weighted by atomic mass is 16.5. The lowest BCUT2D eigenvalue weighted by Gasteiger charge is -2.34. The van der Waals surface area contributed by atoms with Gasteiger partial charge in [0.1, 0.15) is 18.8 Å². The summed E-state index contributed by atoms with van der Waals surface area (Å²) >= 11 is 0. The summed E-state index contributed by atoms with van der Waals surface area (Å²) in [5, 5.41) is 21.1. The van der Waals surface area contributed by atoms with Gasteiger partial charge in [-0.05, 0) is 38.5 Å². The summed E-state index contributed by atoms with van der Waals surface area (Å²) in [5.41, 5.74) is 0. The molecule has 0 heterocycles. The Morgan fingerprint density at radius 2 is 1.41 bits per heavy atom. The largest absolute Gasteiger partial charge is 0.544 e. The number of aliphatic hydroxyl groups is 1. The number of carboxylic acid groups (broad SMARTS) is 1. The summed E-state index contributed by atoms with van der Waals surface area (Å²) in [7, 11) is 5.33. The third-order valence-corrected chi connectivity index (χ3v) is 6.01. The maximum absolute atomic E-state index is 11.8. The van der Waals surface area contributed by atoms with Gasteiger partial charge in [0.05, 0.1) is 40.3 Å². The van der Waals surface area contributed by atoms with Crippen molar-refractivity contribution in [2.45, 2.75) is 103 Å². The molecule has 0 radical (unpaired) electrons. The summed E-state index contributed by atoms with van der Waals surface area (Å²) in [6.07, 6.45) is 25.3. The predicted octanol–water partition coefficient (Wildman–Crippen LogP) is 4.49. The first-order valence-electron chi connectivity index (χ1n) is 14.1. The Balaban J connectivity index is 3.69. The number of esters is 1. The van der Waals surface area contributed by atoms with Crippen LogP contribution in [0.15, 0.2) is 36.5 Å². The molecule has 7 nitrogen and oxygen atoms in total. The van der Waals surface area contributed by atoms with Gasteiger partial charge in [0.2, 0.25) is 0 Å². The fraction of sp³-hybridized carbons (Fsp3) is 0.733. The molecule has 0 saturated heterocycles. The molecule has 0 aromatic heterocycles. The fourth-order valence-corrected chi connectivity index (χ4v) is 3.73. The van der Waals surface area contributed by atoms with Crippen molar-refractivity contribution in [3.05, 3.63) is 36.5 Å². The topological polar surface area (TPSA) is 95.9 Å². The summed E-state index contributed by atoms with van der Waals surface area (Å²) in [5.74, 6) is -1.47. The van der Waals surface area contributed by atoms with E-state index in [9.17, 15) is 19.8 Å². The lowest BCUT2D eigenvalue weighted by atomic mass is 10.1. The third-order valence-electron chi connectivity index (χ3n) is 6.01. The van der Waals surface area contributed by atoms with E-state index in [2.05, 4.69) is 43.4 Å². The van der Waals surface area contributed by atoms with E-state index in [4.69, 9.17) is 9.47 Å². The molecule has 1 N–H and O–H groups in total. The molecule has 2 atom stereocenters. The number of allylic oxidation sites excluding steroid dienone is 6. The van der Waals surface area contributed by atoms with Crippen molar-refractivity contribution in [2.75, 3.05) is 41.0 Å². The molecular weight excluding hydrogens is 470 g/mol. The van der Waals surface area contributed by atoms with Gasteiger partial charge in [-0.1, -0.05) is 75.5 Å². The summed E-state index contributed by atoms with van der Waals surface area (Å²) < 4.78 is 10.7. The highest BCUT2D eigenvalue weighted by molar-refractivity contribution is 5.69. The van der Waals surface area contributed by atoms with E-state index in [-0.39, 0.29) is 36.7 Å². The van der Waals surface area contributed by atoms with Gasteiger partial charge >= 0.3 is 5.97 Å². The minimum absolute atomic E-state index is 0.0185. The number of carbonyl (C=O) groups is 2. The second kappa shape index (κ2) is 23.2. The number of nitrogens with zero attached hydrogens (tertiary/aromatic N) is 1. The van der Waals surface area contributed by atoms with Crippen LogP contribution < -0.4 is 5.11 Å². The van der Waals surface area contributed by atoms with E-state index in [1.54, 1.807) is 21.1 Å². The first-order valence-corrected chi connectivity index (χ1v) is 14.1. The number of hydrogen-bond donors (Lipinski definition) is 1. The lowest BCUT2D eigenvalue weighted by Crippen LogP contribution is -2.55. The molecule has 37 heavy (non-hydrogen) atoms. The Morgan fingerprint density at radius 1 is 0.838 bits per heavy atom. The first kappa shape index (κ1) is 35.0. The van der Waals surface area contributed by atoms with E-state index < -0.39 is 18.1 Å². The van der Waals surface area contributed by atoms with Crippen LogP contribution >= 0.6 is 0 Å². The number of hydrogen-bond acceptors (Lipinski definition) is 6. The molecule has 0 amide bonds. The van der Waals surface area contributed by atoms with Gasteiger partial charge in [-0.15, -0.1) is 0 Å². The highest BCUT2D eigenvalue weighted by Crippen LogP contribution is 2.08. The first-order chi connectivity index (χ1) is 17.7.